The largest absolute Gasteiger partial charge is 0.497 e. The number of carbonyl (C=O) groups is 1. The summed E-state index contributed by atoms with van der Waals surface area (Å²) in [6.45, 7) is 7.40. The molecule has 2 heterocycles. The number of ether oxygens (including phenoxy) is 2. The van der Waals surface area contributed by atoms with E-state index in [0.717, 1.165) is 30.9 Å². The van der Waals surface area contributed by atoms with Gasteiger partial charge in [0.2, 0.25) is 0 Å². The summed E-state index contributed by atoms with van der Waals surface area (Å²) in [6.07, 6.45) is 0.992. The Kier molecular flexibility index (Phi) is 6.70. The number of rotatable bonds is 7. The van der Waals surface area contributed by atoms with Crippen LogP contribution in [0, 0.1) is 0 Å². The smallest absolute Gasteiger partial charge is 0.276 e. The molecular weight excluding hydrogens is 358 g/mol. The van der Waals surface area contributed by atoms with Crippen LogP contribution in [0.2, 0.25) is 0 Å². The Hall–Kier alpha value is -2.38. The normalized spacial score (nSPS) is 20.4. The topological polar surface area (TPSA) is 68.0 Å². The van der Waals surface area contributed by atoms with E-state index in [4.69, 9.17) is 14.0 Å². The first-order chi connectivity index (χ1) is 13.5. The Labute approximate surface area is 166 Å². The van der Waals surface area contributed by atoms with Crippen molar-refractivity contribution in [3.8, 4) is 17.1 Å². The Morgan fingerprint density at radius 3 is 2.64 bits per heavy atom. The quantitative estimate of drug-likeness (QED) is 0.681. The molecule has 152 valence electrons. The molecule has 1 amide bonds. The molecule has 2 atom stereocenters. The number of piperazine rings is 1. The van der Waals surface area contributed by atoms with E-state index in [9.17, 15) is 4.79 Å². The average molecular weight is 387 g/mol. The molecule has 1 aliphatic rings. The molecule has 0 bridgehead atoms. The molecule has 1 aliphatic heterocycles. The number of hydrogen-bond acceptors (Lipinski definition) is 6. The van der Waals surface area contributed by atoms with Crippen LogP contribution in [0.5, 0.6) is 5.75 Å². The Bertz CT molecular complexity index is 779. The molecule has 1 saturated heterocycles. The van der Waals surface area contributed by atoms with Crippen molar-refractivity contribution in [2.75, 3.05) is 40.5 Å². The summed E-state index contributed by atoms with van der Waals surface area (Å²) in [4.78, 5) is 17.3. The van der Waals surface area contributed by atoms with Crippen molar-refractivity contribution in [3.63, 3.8) is 0 Å². The van der Waals surface area contributed by atoms with Gasteiger partial charge in [0, 0.05) is 57.1 Å². The van der Waals surface area contributed by atoms with Crippen LogP contribution in [0.15, 0.2) is 34.9 Å². The monoisotopic (exact) mass is 387 g/mol. The third-order valence-corrected chi connectivity index (χ3v) is 5.24. The van der Waals surface area contributed by atoms with Gasteiger partial charge in [-0.25, -0.2) is 0 Å². The van der Waals surface area contributed by atoms with Gasteiger partial charge in [-0.15, -0.1) is 0 Å². The molecule has 3 rings (SSSR count). The summed E-state index contributed by atoms with van der Waals surface area (Å²) < 4.78 is 15.8. The highest BCUT2D eigenvalue weighted by Crippen LogP contribution is 2.25. The second-order valence-corrected chi connectivity index (χ2v) is 7.30. The van der Waals surface area contributed by atoms with Crippen LogP contribution in [0.25, 0.3) is 11.3 Å². The van der Waals surface area contributed by atoms with Gasteiger partial charge in [0.1, 0.15) is 5.75 Å². The van der Waals surface area contributed by atoms with E-state index in [1.807, 2.05) is 29.2 Å². The fourth-order valence-corrected chi connectivity index (χ4v) is 3.81. The SMILES string of the molecule is COCCCN1C(C)CN(C(=O)c2cc(-c3cccc(OC)c3)on2)CC1C. The summed E-state index contributed by atoms with van der Waals surface area (Å²) in [5, 5.41) is 4.02. The van der Waals surface area contributed by atoms with Crippen LogP contribution in [-0.2, 0) is 4.74 Å². The first-order valence-corrected chi connectivity index (χ1v) is 9.68. The summed E-state index contributed by atoms with van der Waals surface area (Å²) >= 11 is 0. The molecule has 0 N–H and O–H groups in total. The van der Waals surface area contributed by atoms with Gasteiger partial charge in [-0.2, -0.15) is 0 Å². The van der Waals surface area contributed by atoms with E-state index in [0.29, 0.717) is 24.5 Å². The molecule has 0 saturated carbocycles. The summed E-state index contributed by atoms with van der Waals surface area (Å²) in [5.41, 5.74) is 1.17. The van der Waals surface area contributed by atoms with Gasteiger partial charge in [0.15, 0.2) is 11.5 Å². The Balaban J connectivity index is 1.67. The van der Waals surface area contributed by atoms with Crippen LogP contribution in [-0.4, -0.2) is 73.4 Å². The first-order valence-electron chi connectivity index (χ1n) is 9.68. The lowest BCUT2D eigenvalue weighted by Crippen LogP contribution is -2.58. The van der Waals surface area contributed by atoms with E-state index in [2.05, 4.69) is 23.9 Å². The van der Waals surface area contributed by atoms with E-state index in [1.165, 1.54) is 0 Å². The molecule has 7 nitrogen and oxygen atoms in total. The number of nitrogens with zero attached hydrogens (tertiary/aromatic N) is 3. The van der Waals surface area contributed by atoms with E-state index in [1.54, 1.807) is 20.3 Å². The lowest BCUT2D eigenvalue weighted by atomic mass is 10.1. The maximum Gasteiger partial charge on any atom is 0.276 e. The maximum atomic E-state index is 13.0. The Morgan fingerprint density at radius 2 is 1.96 bits per heavy atom. The minimum Gasteiger partial charge on any atom is -0.497 e. The van der Waals surface area contributed by atoms with Crippen LogP contribution in [0.1, 0.15) is 30.8 Å². The van der Waals surface area contributed by atoms with Crippen molar-refractivity contribution in [2.45, 2.75) is 32.4 Å². The van der Waals surface area contributed by atoms with Crippen molar-refractivity contribution in [2.24, 2.45) is 0 Å². The fourth-order valence-electron chi connectivity index (χ4n) is 3.81. The van der Waals surface area contributed by atoms with Crippen molar-refractivity contribution in [3.05, 3.63) is 36.0 Å². The number of amides is 1. The van der Waals surface area contributed by atoms with Crippen molar-refractivity contribution in [1.82, 2.24) is 15.0 Å². The van der Waals surface area contributed by atoms with Gasteiger partial charge >= 0.3 is 0 Å². The molecule has 0 radical (unpaired) electrons. The maximum absolute atomic E-state index is 13.0. The molecule has 1 aromatic heterocycles. The number of benzene rings is 1. The van der Waals surface area contributed by atoms with Crippen molar-refractivity contribution >= 4 is 5.91 Å². The number of hydrogen-bond donors (Lipinski definition) is 0. The average Bonchev–Trinajstić information content (AvgIpc) is 3.19. The lowest BCUT2D eigenvalue weighted by molar-refractivity contribution is 0.0264. The van der Waals surface area contributed by atoms with Crippen molar-refractivity contribution in [1.29, 1.82) is 0 Å². The van der Waals surface area contributed by atoms with Crippen LogP contribution in [0.4, 0.5) is 0 Å². The summed E-state index contributed by atoms with van der Waals surface area (Å²) in [5.74, 6) is 1.20. The van der Waals surface area contributed by atoms with E-state index < -0.39 is 0 Å². The molecule has 7 heteroatoms. The van der Waals surface area contributed by atoms with Gasteiger partial charge in [0.05, 0.1) is 7.11 Å². The predicted molar refractivity (Wildman–Crippen MR) is 107 cm³/mol. The highest BCUT2D eigenvalue weighted by atomic mass is 16.5. The van der Waals surface area contributed by atoms with Crippen LogP contribution in [0.3, 0.4) is 0 Å². The minimum atomic E-state index is -0.0897. The molecule has 28 heavy (non-hydrogen) atoms. The molecule has 2 aromatic rings. The van der Waals surface area contributed by atoms with Crippen LogP contribution < -0.4 is 4.74 Å². The van der Waals surface area contributed by atoms with Crippen LogP contribution >= 0.6 is 0 Å². The van der Waals surface area contributed by atoms with Crippen molar-refractivity contribution < 1.29 is 18.8 Å². The zero-order chi connectivity index (χ0) is 20.1. The Morgan fingerprint density at radius 1 is 1.21 bits per heavy atom. The molecule has 2 unspecified atom stereocenters. The third-order valence-electron chi connectivity index (χ3n) is 5.24. The first kappa shape index (κ1) is 20.4. The standard InChI is InChI=1S/C21H29N3O4/c1-15-13-23(14-16(2)24(15)9-6-10-26-3)21(25)19-12-20(28-22-19)17-7-5-8-18(11-17)27-4/h5,7-8,11-12,15-16H,6,9-10,13-14H2,1-4H3. The molecule has 0 spiro atoms. The molecule has 1 fully saturated rings. The predicted octanol–water partition coefficient (Wildman–Crippen LogP) is 2.92. The lowest BCUT2D eigenvalue weighted by Gasteiger charge is -2.44. The minimum absolute atomic E-state index is 0.0897. The number of aromatic nitrogens is 1. The van der Waals surface area contributed by atoms with E-state index in [-0.39, 0.29) is 18.0 Å². The zero-order valence-electron chi connectivity index (χ0n) is 17.1. The van der Waals surface area contributed by atoms with Gasteiger partial charge in [-0.1, -0.05) is 17.3 Å². The van der Waals surface area contributed by atoms with Gasteiger partial charge in [-0.05, 0) is 32.4 Å². The van der Waals surface area contributed by atoms with Gasteiger partial charge in [0.25, 0.3) is 5.91 Å². The second-order valence-electron chi connectivity index (χ2n) is 7.30. The highest BCUT2D eigenvalue weighted by molar-refractivity contribution is 5.93. The fraction of sp³-hybridized carbons (Fsp3) is 0.524. The van der Waals surface area contributed by atoms with E-state index >= 15 is 0 Å². The number of carbonyl (C=O) groups excluding carboxylic acids is 1. The van der Waals surface area contributed by atoms with Gasteiger partial charge in [-0.3, -0.25) is 9.69 Å². The third kappa shape index (κ3) is 4.54. The zero-order valence-corrected chi connectivity index (χ0v) is 17.1. The highest BCUT2D eigenvalue weighted by Gasteiger charge is 2.32. The second kappa shape index (κ2) is 9.21. The van der Waals surface area contributed by atoms with Gasteiger partial charge < -0.3 is 18.9 Å². The summed E-state index contributed by atoms with van der Waals surface area (Å²) in [7, 11) is 3.34. The molecule has 1 aromatic carbocycles. The molecule has 0 aliphatic carbocycles. The summed E-state index contributed by atoms with van der Waals surface area (Å²) in [6, 6.07) is 9.78. The number of methoxy groups -OCH3 is 2. The molecular formula is C21H29N3O4.